The summed E-state index contributed by atoms with van der Waals surface area (Å²) in [6, 6.07) is 17.1. The standard InChI is InChI=1S/C26H34N4O2/c1-21-13-15-22(16-14-21)20-28-29-26(32)24(30-18-8-3-9-19-30)12-6-7-17-27-25(31)23-10-4-2-5-11-23/h2,4-5,10-11,13-16,20,24H,3,6-9,12,17-19H2,1H3,(H,27,31)(H,29,32). The van der Waals surface area contributed by atoms with Crippen LogP contribution in [-0.2, 0) is 4.79 Å². The third-order valence-electron chi connectivity index (χ3n) is 5.83. The summed E-state index contributed by atoms with van der Waals surface area (Å²) in [5.74, 6) is -0.107. The van der Waals surface area contributed by atoms with Crippen LogP contribution >= 0.6 is 0 Å². The maximum atomic E-state index is 12.9. The average Bonchev–Trinajstić information content (AvgIpc) is 2.83. The molecule has 1 aliphatic rings. The molecule has 3 rings (SSSR count). The highest BCUT2D eigenvalue weighted by Crippen LogP contribution is 2.16. The zero-order valence-corrected chi connectivity index (χ0v) is 18.9. The lowest BCUT2D eigenvalue weighted by Gasteiger charge is -2.33. The number of hydrogen-bond donors (Lipinski definition) is 2. The fourth-order valence-electron chi connectivity index (χ4n) is 3.96. The number of unbranched alkanes of at least 4 members (excludes halogenated alkanes) is 1. The molecule has 1 heterocycles. The quantitative estimate of drug-likeness (QED) is 0.338. The van der Waals surface area contributed by atoms with Crippen molar-refractivity contribution < 1.29 is 9.59 Å². The Morgan fingerprint density at radius 1 is 1.00 bits per heavy atom. The van der Waals surface area contributed by atoms with Crippen molar-refractivity contribution in [2.45, 2.75) is 51.5 Å². The lowest BCUT2D eigenvalue weighted by atomic mass is 10.0. The summed E-state index contributed by atoms with van der Waals surface area (Å²) in [6.45, 7) is 4.54. The largest absolute Gasteiger partial charge is 0.352 e. The number of piperidine rings is 1. The molecule has 0 bridgehead atoms. The highest BCUT2D eigenvalue weighted by molar-refractivity contribution is 5.94. The van der Waals surface area contributed by atoms with Gasteiger partial charge in [0.15, 0.2) is 0 Å². The minimum absolute atomic E-state index is 0.0522. The highest BCUT2D eigenvalue weighted by atomic mass is 16.2. The molecular formula is C26H34N4O2. The number of benzene rings is 2. The summed E-state index contributed by atoms with van der Waals surface area (Å²) in [6.07, 6.45) is 7.62. The maximum absolute atomic E-state index is 12.9. The molecule has 1 saturated heterocycles. The number of likely N-dealkylation sites (tertiary alicyclic amines) is 1. The molecular weight excluding hydrogens is 400 g/mol. The van der Waals surface area contributed by atoms with Gasteiger partial charge in [-0.25, -0.2) is 5.43 Å². The molecule has 1 aliphatic heterocycles. The topological polar surface area (TPSA) is 73.8 Å². The molecule has 0 aliphatic carbocycles. The third-order valence-corrected chi connectivity index (χ3v) is 5.83. The zero-order valence-electron chi connectivity index (χ0n) is 18.9. The van der Waals surface area contributed by atoms with Gasteiger partial charge in [0.2, 0.25) is 0 Å². The van der Waals surface area contributed by atoms with Crippen molar-refractivity contribution in [3.8, 4) is 0 Å². The predicted molar refractivity (Wildman–Crippen MR) is 129 cm³/mol. The first-order chi connectivity index (χ1) is 15.6. The second-order valence-electron chi connectivity index (χ2n) is 8.38. The smallest absolute Gasteiger partial charge is 0.257 e. The van der Waals surface area contributed by atoms with E-state index >= 15 is 0 Å². The van der Waals surface area contributed by atoms with Gasteiger partial charge in [0.25, 0.3) is 11.8 Å². The summed E-state index contributed by atoms with van der Waals surface area (Å²) >= 11 is 0. The van der Waals surface area contributed by atoms with E-state index in [0.29, 0.717) is 12.1 Å². The second kappa shape index (κ2) is 12.8. The Morgan fingerprint density at radius 2 is 1.72 bits per heavy atom. The maximum Gasteiger partial charge on any atom is 0.257 e. The Bertz CT molecular complexity index is 874. The lowest BCUT2D eigenvalue weighted by Crippen LogP contribution is -2.47. The van der Waals surface area contributed by atoms with Gasteiger partial charge in [-0.05, 0) is 69.8 Å². The summed E-state index contributed by atoms with van der Waals surface area (Å²) in [5, 5.41) is 7.14. The zero-order chi connectivity index (χ0) is 22.6. The SMILES string of the molecule is Cc1ccc(C=NNC(=O)C(CCCCNC(=O)c2ccccc2)N2CCCCC2)cc1. The van der Waals surface area contributed by atoms with Crippen LogP contribution in [0, 0.1) is 6.92 Å². The molecule has 6 heteroatoms. The van der Waals surface area contributed by atoms with Crippen LogP contribution in [0.15, 0.2) is 59.7 Å². The van der Waals surface area contributed by atoms with Crippen LogP contribution in [0.1, 0.15) is 60.0 Å². The van der Waals surface area contributed by atoms with Gasteiger partial charge in [0.05, 0.1) is 12.3 Å². The molecule has 32 heavy (non-hydrogen) atoms. The summed E-state index contributed by atoms with van der Waals surface area (Å²) < 4.78 is 0. The molecule has 0 spiro atoms. The van der Waals surface area contributed by atoms with Crippen molar-refractivity contribution in [3.63, 3.8) is 0 Å². The number of rotatable bonds is 10. The van der Waals surface area contributed by atoms with Gasteiger partial charge in [-0.1, -0.05) is 54.4 Å². The van der Waals surface area contributed by atoms with Crippen LogP contribution in [0.25, 0.3) is 0 Å². The first-order valence-corrected chi connectivity index (χ1v) is 11.6. The van der Waals surface area contributed by atoms with Crippen molar-refractivity contribution in [1.29, 1.82) is 0 Å². The number of amides is 2. The van der Waals surface area contributed by atoms with Crippen LogP contribution in [0.3, 0.4) is 0 Å². The average molecular weight is 435 g/mol. The van der Waals surface area contributed by atoms with Crippen LogP contribution in [-0.4, -0.2) is 48.6 Å². The van der Waals surface area contributed by atoms with Crippen LogP contribution in [0.2, 0.25) is 0 Å². The normalized spacial score (nSPS) is 15.4. The number of nitrogens with one attached hydrogen (secondary N) is 2. The summed E-state index contributed by atoms with van der Waals surface area (Å²) in [5.41, 5.74) is 5.56. The number of aryl methyl sites for hydroxylation is 1. The molecule has 2 amide bonds. The molecule has 2 aromatic rings. The molecule has 0 saturated carbocycles. The summed E-state index contributed by atoms with van der Waals surface area (Å²) in [4.78, 5) is 27.3. The minimum atomic E-state index is -0.185. The molecule has 0 aromatic heterocycles. The van der Waals surface area contributed by atoms with Crippen LogP contribution in [0.4, 0.5) is 0 Å². The molecule has 2 N–H and O–H groups in total. The summed E-state index contributed by atoms with van der Waals surface area (Å²) in [7, 11) is 0. The molecule has 170 valence electrons. The molecule has 0 radical (unpaired) electrons. The lowest BCUT2D eigenvalue weighted by molar-refractivity contribution is -0.127. The van der Waals surface area contributed by atoms with Crippen molar-refractivity contribution >= 4 is 18.0 Å². The number of carbonyl (C=O) groups is 2. The van der Waals surface area contributed by atoms with Gasteiger partial charge < -0.3 is 5.32 Å². The number of nitrogens with zero attached hydrogens (tertiary/aromatic N) is 2. The third kappa shape index (κ3) is 7.61. The van der Waals surface area contributed by atoms with E-state index < -0.39 is 0 Å². The van der Waals surface area contributed by atoms with Gasteiger partial charge in [0.1, 0.15) is 0 Å². The predicted octanol–water partition coefficient (Wildman–Crippen LogP) is 3.90. The molecule has 1 unspecified atom stereocenters. The van der Waals surface area contributed by atoms with E-state index in [1.807, 2.05) is 61.5 Å². The van der Waals surface area contributed by atoms with E-state index in [2.05, 4.69) is 20.7 Å². The number of hydrazone groups is 1. The molecule has 1 fully saturated rings. The van der Waals surface area contributed by atoms with Gasteiger partial charge in [-0.2, -0.15) is 5.10 Å². The van der Waals surface area contributed by atoms with Gasteiger partial charge in [-0.3, -0.25) is 14.5 Å². The van der Waals surface area contributed by atoms with Crippen molar-refractivity contribution in [2.24, 2.45) is 5.10 Å². The van der Waals surface area contributed by atoms with Crippen molar-refractivity contribution in [1.82, 2.24) is 15.6 Å². The van der Waals surface area contributed by atoms with Crippen LogP contribution in [0.5, 0.6) is 0 Å². The van der Waals surface area contributed by atoms with E-state index in [4.69, 9.17) is 0 Å². The fraction of sp³-hybridized carbons (Fsp3) is 0.423. The van der Waals surface area contributed by atoms with Crippen molar-refractivity contribution in [2.75, 3.05) is 19.6 Å². The fourth-order valence-corrected chi connectivity index (χ4v) is 3.96. The van der Waals surface area contributed by atoms with E-state index in [-0.39, 0.29) is 17.9 Å². The van der Waals surface area contributed by atoms with Crippen molar-refractivity contribution in [3.05, 3.63) is 71.3 Å². The molecule has 2 aromatic carbocycles. The molecule has 6 nitrogen and oxygen atoms in total. The Hall–Kier alpha value is -2.99. The minimum Gasteiger partial charge on any atom is -0.352 e. The number of hydrogen-bond acceptors (Lipinski definition) is 4. The Balaban J connectivity index is 1.47. The van der Waals surface area contributed by atoms with E-state index in [0.717, 1.165) is 50.8 Å². The van der Waals surface area contributed by atoms with Gasteiger partial charge in [0, 0.05) is 12.1 Å². The molecule has 1 atom stereocenters. The Kier molecular flexibility index (Phi) is 9.44. The monoisotopic (exact) mass is 434 g/mol. The van der Waals surface area contributed by atoms with E-state index in [1.54, 1.807) is 6.21 Å². The van der Waals surface area contributed by atoms with Gasteiger partial charge in [-0.15, -0.1) is 0 Å². The van der Waals surface area contributed by atoms with E-state index in [1.165, 1.54) is 12.0 Å². The number of carbonyl (C=O) groups excluding carboxylic acids is 2. The van der Waals surface area contributed by atoms with Gasteiger partial charge >= 0.3 is 0 Å². The Labute approximate surface area is 191 Å². The highest BCUT2D eigenvalue weighted by Gasteiger charge is 2.26. The second-order valence-corrected chi connectivity index (χ2v) is 8.38. The first kappa shape index (κ1) is 23.7. The van der Waals surface area contributed by atoms with Crippen LogP contribution < -0.4 is 10.7 Å². The Morgan fingerprint density at radius 3 is 2.44 bits per heavy atom. The first-order valence-electron chi connectivity index (χ1n) is 11.6. The van der Waals surface area contributed by atoms with E-state index in [9.17, 15) is 9.59 Å².